The number of nitriles is 1. The number of allylic oxidation sites excluding steroid dienone is 4. The molecule has 0 N–H and O–H groups in total. The van der Waals surface area contributed by atoms with Crippen molar-refractivity contribution in [3.63, 3.8) is 0 Å². The molecule has 17 heavy (non-hydrogen) atoms. The average molecular weight is 289 g/mol. The first-order chi connectivity index (χ1) is 8.26. The number of halogens is 1. The highest BCUT2D eigenvalue weighted by Gasteiger charge is 2.05. The van der Waals surface area contributed by atoms with E-state index in [1.807, 2.05) is 19.2 Å². The van der Waals surface area contributed by atoms with Crippen LogP contribution >= 0.6 is 15.9 Å². The van der Waals surface area contributed by atoms with Gasteiger partial charge >= 0.3 is 0 Å². The molecule has 0 atom stereocenters. The number of rotatable bonds is 2. The van der Waals surface area contributed by atoms with Gasteiger partial charge in [0.25, 0.3) is 0 Å². The van der Waals surface area contributed by atoms with Crippen LogP contribution in [0.1, 0.15) is 18.9 Å². The van der Waals surface area contributed by atoms with Crippen molar-refractivity contribution in [3.05, 3.63) is 45.0 Å². The first-order valence-electron chi connectivity index (χ1n) is 5.54. The van der Waals surface area contributed by atoms with Crippen molar-refractivity contribution < 1.29 is 0 Å². The maximum atomic E-state index is 9.15. The second-order valence-corrected chi connectivity index (χ2v) is 4.76. The van der Waals surface area contributed by atoms with Crippen LogP contribution in [0.4, 0.5) is 0 Å². The fourth-order valence-corrected chi connectivity index (χ4v) is 2.30. The third-order valence-corrected chi connectivity index (χ3v) is 3.28. The first kappa shape index (κ1) is 11.9. The minimum Gasteiger partial charge on any atom is -0.342 e. The molecular formula is C14H13BrN2. The summed E-state index contributed by atoms with van der Waals surface area (Å²) in [6.45, 7) is 2.80. The van der Waals surface area contributed by atoms with Gasteiger partial charge in [-0.2, -0.15) is 5.26 Å². The second kappa shape index (κ2) is 5.20. The lowest BCUT2D eigenvalue weighted by Crippen LogP contribution is -2.29. The molecule has 1 aromatic heterocycles. The van der Waals surface area contributed by atoms with Crippen molar-refractivity contribution >= 4 is 28.1 Å². The summed E-state index contributed by atoms with van der Waals surface area (Å²) < 4.78 is 3.17. The summed E-state index contributed by atoms with van der Waals surface area (Å²) in [7, 11) is 0. The summed E-state index contributed by atoms with van der Waals surface area (Å²) in [4.78, 5) is 0. The van der Waals surface area contributed by atoms with E-state index in [4.69, 9.17) is 5.26 Å². The number of hydrogen-bond donors (Lipinski definition) is 0. The largest absolute Gasteiger partial charge is 0.342 e. The molecule has 0 bridgehead atoms. The van der Waals surface area contributed by atoms with Gasteiger partial charge in [0.1, 0.15) is 6.07 Å². The van der Waals surface area contributed by atoms with Gasteiger partial charge in [0.2, 0.25) is 0 Å². The van der Waals surface area contributed by atoms with Crippen LogP contribution in [0.3, 0.4) is 0 Å². The molecule has 0 aromatic carbocycles. The molecule has 0 radical (unpaired) electrons. The number of aromatic nitrogens is 1. The molecule has 0 amide bonds. The van der Waals surface area contributed by atoms with E-state index in [1.165, 1.54) is 0 Å². The molecule has 1 aromatic rings. The van der Waals surface area contributed by atoms with Gasteiger partial charge in [0.15, 0.2) is 0 Å². The highest BCUT2D eigenvalue weighted by molar-refractivity contribution is 9.12. The minimum absolute atomic E-state index is 0.747. The molecule has 1 aliphatic rings. The van der Waals surface area contributed by atoms with Crippen molar-refractivity contribution in [2.45, 2.75) is 19.9 Å². The van der Waals surface area contributed by atoms with Gasteiger partial charge in [-0.1, -0.05) is 40.2 Å². The maximum Gasteiger partial charge on any atom is 0.101 e. The van der Waals surface area contributed by atoms with E-state index in [0.717, 1.165) is 33.6 Å². The third kappa shape index (κ3) is 2.42. The molecule has 3 heteroatoms. The Labute approximate surface area is 109 Å². The molecule has 1 aliphatic carbocycles. The van der Waals surface area contributed by atoms with E-state index < -0.39 is 0 Å². The minimum atomic E-state index is 0.747. The number of hydrogen-bond acceptors (Lipinski definition) is 1. The Kier molecular flexibility index (Phi) is 3.65. The van der Waals surface area contributed by atoms with Crippen LogP contribution in [0.15, 0.2) is 28.9 Å². The summed E-state index contributed by atoms with van der Waals surface area (Å²) in [5.74, 6) is 0. The maximum absolute atomic E-state index is 9.15. The zero-order valence-electron chi connectivity index (χ0n) is 9.65. The lowest BCUT2D eigenvalue weighted by atomic mass is 10.2. The molecular weight excluding hydrogens is 276 g/mol. The Morgan fingerprint density at radius 3 is 3.06 bits per heavy atom. The molecule has 2 rings (SSSR count). The van der Waals surface area contributed by atoms with E-state index in [9.17, 15) is 0 Å². The van der Waals surface area contributed by atoms with Gasteiger partial charge < -0.3 is 4.57 Å². The fourth-order valence-electron chi connectivity index (χ4n) is 1.90. The summed E-state index contributed by atoms with van der Waals surface area (Å²) >= 11 is 3.51. The quantitative estimate of drug-likeness (QED) is 0.767. The Balaban J connectivity index is 2.68. The van der Waals surface area contributed by atoms with E-state index in [2.05, 4.69) is 50.9 Å². The van der Waals surface area contributed by atoms with Crippen molar-refractivity contribution in [2.75, 3.05) is 0 Å². The van der Waals surface area contributed by atoms with Crippen LogP contribution in [-0.2, 0) is 6.54 Å². The molecule has 0 aliphatic heterocycles. The number of nitrogens with zero attached hydrogens (tertiary/aromatic N) is 2. The van der Waals surface area contributed by atoms with Gasteiger partial charge in [0, 0.05) is 22.4 Å². The lowest BCUT2D eigenvalue weighted by molar-refractivity contribution is 0.799. The zero-order valence-corrected chi connectivity index (χ0v) is 11.2. The highest BCUT2D eigenvalue weighted by Crippen LogP contribution is 2.09. The summed E-state index contributed by atoms with van der Waals surface area (Å²) in [6.07, 6.45) is 13.1. The lowest BCUT2D eigenvalue weighted by Gasteiger charge is -1.97. The summed E-state index contributed by atoms with van der Waals surface area (Å²) in [5.41, 5.74) is 0.747. The van der Waals surface area contributed by atoms with E-state index in [0.29, 0.717) is 0 Å². The summed E-state index contributed by atoms with van der Waals surface area (Å²) in [6, 6.07) is 2.26. The third-order valence-electron chi connectivity index (χ3n) is 2.73. The Morgan fingerprint density at radius 1 is 1.53 bits per heavy atom. The first-order valence-corrected chi connectivity index (χ1v) is 6.33. The average Bonchev–Trinajstić information content (AvgIpc) is 2.52. The molecule has 0 saturated heterocycles. The SMILES string of the molecule is C/C=C\Cn1cc(C#N)c2c1=CC(Br)=CCC=2. The molecule has 86 valence electrons. The van der Waals surface area contributed by atoms with E-state index >= 15 is 0 Å². The Bertz CT molecular complexity index is 639. The van der Waals surface area contributed by atoms with Crippen LogP contribution < -0.4 is 10.6 Å². The van der Waals surface area contributed by atoms with Crippen molar-refractivity contribution in [3.8, 4) is 6.07 Å². The molecule has 0 saturated carbocycles. The fraction of sp³-hybridized carbons (Fsp3) is 0.214. The monoisotopic (exact) mass is 288 g/mol. The molecule has 0 fully saturated rings. The Morgan fingerprint density at radius 2 is 2.35 bits per heavy atom. The predicted molar refractivity (Wildman–Crippen MR) is 73.8 cm³/mol. The topological polar surface area (TPSA) is 28.7 Å². The van der Waals surface area contributed by atoms with Gasteiger partial charge in [-0.25, -0.2) is 0 Å². The second-order valence-electron chi connectivity index (χ2n) is 3.85. The predicted octanol–water partition coefficient (Wildman–Crippen LogP) is 2.18. The Hall–Kier alpha value is -1.53. The van der Waals surface area contributed by atoms with Gasteiger partial charge in [-0.15, -0.1) is 0 Å². The number of fused-ring (bicyclic) bond motifs is 1. The normalized spacial score (nSPS) is 14.3. The molecule has 0 unspecified atom stereocenters. The smallest absolute Gasteiger partial charge is 0.101 e. The zero-order chi connectivity index (χ0) is 12.3. The van der Waals surface area contributed by atoms with Crippen LogP contribution in [0.25, 0.3) is 12.2 Å². The summed E-state index contributed by atoms with van der Waals surface area (Å²) in [5, 5.41) is 11.3. The highest BCUT2D eigenvalue weighted by atomic mass is 79.9. The van der Waals surface area contributed by atoms with Gasteiger partial charge in [-0.05, 0) is 19.4 Å². The van der Waals surface area contributed by atoms with Crippen LogP contribution in [-0.4, -0.2) is 4.57 Å². The molecule has 2 nitrogen and oxygen atoms in total. The standard InChI is InChI=1S/C14H13BrN2/c1-2-3-7-17-10-11(9-16)13-6-4-5-12(15)8-14(13)17/h2-3,5-6,8,10H,4,7H2,1H3/b3-2-. The van der Waals surface area contributed by atoms with Crippen molar-refractivity contribution in [1.29, 1.82) is 5.26 Å². The van der Waals surface area contributed by atoms with Crippen LogP contribution in [0, 0.1) is 11.3 Å². The van der Waals surface area contributed by atoms with Crippen molar-refractivity contribution in [1.82, 2.24) is 4.57 Å². The van der Waals surface area contributed by atoms with Gasteiger partial charge in [-0.3, -0.25) is 0 Å². The van der Waals surface area contributed by atoms with Crippen molar-refractivity contribution in [2.24, 2.45) is 0 Å². The van der Waals surface area contributed by atoms with Gasteiger partial charge in [0.05, 0.1) is 10.9 Å². The van der Waals surface area contributed by atoms with Crippen LogP contribution in [0.5, 0.6) is 0 Å². The van der Waals surface area contributed by atoms with E-state index in [-0.39, 0.29) is 0 Å². The van der Waals surface area contributed by atoms with E-state index in [1.54, 1.807) is 0 Å². The molecule has 0 spiro atoms. The van der Waals surface area contributed by atoms with Crippen LogP contribution in [0.2, 0.25) is 0 Å². The molecule has 1 heterocycles.